The monoisotopic (exact) mass is 304 g/mol. The lowest BCUT2D eigenvalue weighted by atomic mass is 10.1. The second-order valence-electron chi connectivity index (χ2n) is 6.67. The molecule has 2 N–H and O–H groups in total. The average molecular weight is 304 g/mol. The Balaban J connectivity index is 1.83. The van der Waals surface area contributed by atoms with Crippen LogP contribution in [0.3, 0.4) is 0 Å². The molecule has 4 nitrogen and oxygen atoms in total. The van der Waals surface area contributed by atoms with Crippen LogP contribution >= 0.6 is 11.3 Å². The SMILES string of the molecule is CCCNc1nc(NCC2CC2(C)C)c2cc(C)sc2n1. The highest BCUT2D eigenvalue weighted by Gasteiger charge is 2.45. The first-order valence-electron chi connectivity index (χ1n) is 7.75. The van der Waals surface area contributed by atoms with Crippen LogP contribution in [0.15, 0.2) is 6.07 Å². The predicted octanol–water partition coefficient (Wildman–Crippen LogP) is 4.28. The van der Waals surface area contributed by atoms with E-state index in [1.807, 2.05) is 0 Å². The van der Waals surface area contributed by atoms with E-state index in [9.17, 15) is 0 Å². The summed E-state index contributed by atoms with van der Waals surface area (Å²) >= 11 is 1.73. The largest absolute Gasteiger partial charge is 0.369 e. The predicted molar refractivity (Wildman–Crippen MR) is 91.3 cm³/mol. The molecular formula is C16H24N4S. The van der Waals surface area contributed by atoms with Crippen LogP contribution in [0.4, 0.5) is 11.8 Å². The van der Waals surface area contributed by atoms with E-state index in [4.69, 9.17) is 0 Å². The fourth-order valence-corrected chi connectivity index (χ4v) is 3.52. The molecule has 0 aromatic carbocycles. The Hall–Kier alpha value is -1.36. The standard InChI is InChI=1S/C16H24N4S/c1-5-6-17-15-19-13(18-9-11-8-16(11,3)4)12-7-10(2)21-14(12)20-15/h7,11H,5-6,8-9H2,1-4H3,(H2,17,18,19,20). The van der Waals surface area contributed by atoms with Gasteiger partial charge in [-0.15, -0.1) is 11.3 Å². The van der Waals surface area contributed by atoms with Crippen molar-refractivity contribution in [3.8, 4) is 0 Å². The van der Waals surface area contributed by atoms with E-state index in [2.05, 4.69) is 54.4 Å². The van der Waals surface area contributed by atoms with E-state index in [0.717, 1.165) is 47.4 Å². The second kappa shape index (κ2) is 5.44. The molecule has 0 aliphatic heterocycles. The Morgan fingerprint density at radius 1 is 1.33 bits per heavy atom. The highest BCUT2D eigenvalue weighted by atomic mass is 32.1. The summed E-state index contributed by atoms with van der Waals surface area (Å²) in [5.41, 5.74) is 0.493. The quantitative estimate of drug-likeness (QED) is 0.836. The number of fused-ring (bicyclic) bond motifs is 1. The average Bonchev–Trinajstić information content (AvgIpc) is 2.86. The molecule has 1 unspecified atom stereocenters. The van der Waals surface area contributed by atoms with Crippen LogP contribution in [0.5, 0.6) is 0 Å². The number of nitrogens with zero attached hydrogens (tertiary/aromatic N) is 2. The summed E-state index contributed by atoms with van der Waals surface area (Å²) in [7, 11) is 0. The van der Waals surface area contributed by atoms with Crippen molar-refractivity contribution < 1.29 is 0 Å². The van der Waals surface area contributed by atoms with Gasteiger partial charge in [0.15, 0.2) is 0 Å². The van der Waals surface area contributed by atoms with Crippen molar-refractivity contribution >= 4 is 33.3 Å². The van der Waals surface area contributed by atoms with Crippen LogP contribution < -0.4 is 10.6 Å². The fraction of sp³-hybridized carbons (Fsp3) is 0.625. The van der Waals surface area contributed by atoms with Gasteiger partial charge in [0.1, 0.15) is 10.6 Å². The van der Waals surface area contributed by atoms with E-state index in [1.54, 1.807) is 11.3 Å². The van der Waals surface area contributed by atoms with Gasteiger partial charge in [-0.25, -0.2) is 4.98 Å². The molecule has 2 heterocycles. The zero-order valence-corrected chi connectivity index (χ0v) is 14.1. The summed E-state index contributed by atoms with van der Waals surface area (Å²) in [6, 6.07) is 2.18. The Morgan fingerprint density at radius 2 is 2.10 bits per heavy atom. The molecule has 114 valence electrons. The van der Waals surface area contributed by atoms with Gasteiger partial charge in [-0.3, -0.25) is 0 Å². The Bertz CT molecular complexity index is 647. The molecule has 0 saturated heterocycles. The van der Waals surface area contributed by atoms with Crippen LogP contribution in [-0.4, -0.2) is 23.1 Å². The summed E-state index contributed by atoms with van der Waals surface area (Å²) in [6.45, 7) is 10.8. The first kappa shape index (κ1) is 14.6. The normalized spacial score (nSPS) is 19.7. The summed E-state index contributed by atoms with van der Waals surface area (Å²) in [5.74, 6) is 2.48. The first-order chi connectivity index (χ1) is 9.99. The molecular weight excluding hydrogens is 280 g/mol. The molecule has 5 heteroatoms. The molecule has 0 amide bonds. The minimum Gasteiger partial charge on any atom is -0.369 e. The number of anilines is 2. The Labute approximate surface area is 130 Å². The van der Waals surface area contributed by atoms with Crippen molar-refractivity contribution in [1.82, 2.24) is 9.97 Å². The number of nitrogens with one attached hydrogen (secondary N) is 2. The van der Waals surface area contributed by atoms with E-state index in [0.29, 0.717) is 5.41 Å². The highest BCUT2D eigenvalue weighted by Crippen LogP contribution is 2.51. The van der Waals surface area contributed by atoms with Crippen LogP contribution in [0.2, 0.25) is 0 Å². The Morgan fingerprint density at radius 3 is 2.76 bits per heavy atom. The summed E-state index contributed by atoms with van der Waals surface area (Å²) in [5, 5.41) is 8.00. The number of hydrogen-bond donors (Lipinski definition) is 2. The van der Waals surface area contributed by atoms with Crippen LogP contribution in [-0.2, 0) is 0 Å². The summed E-state index contributed by atoms with van der Waals surface area (Å²) in [4.78, 5) is 11.6. The number of aromatic nitrogens is 2. The van der Waals surface area contributed by atoms with Gasteiger partial charge in [0.2, 0.25) is 5.95 Å². The maximum Gasteiger partial charge on any atom is 0.226 e. The molecule has 2 aromatic heterocycles. The highest BCUT2D eigenvalue weighted by molar-refractivity contribution is 7.18. The molecule has 1 aliphatic rings. The van der Waals surface area contributed by atoms with E-state index in [-0.39, 0.29) is 0 Å². The van der Waals surface area contributed by atoms with Crippen molar-refractivity contribution in [3.05, 3.63) is 10.9 Å². The van der Waals surface area contributed by atoms with Crippen LogP contribution in [0.25, 0.3) is 10.2 Å². The minimum atomic E-state index is 0.493. The molecule has 1 fully saturated rings. The topological polar surface area (TPSA) is 49.8 Å². The smallest absolute Gasteiger partial charge is 0.226 e. The third kappa shape index (κ3) is 3.12. The molecule has 2 aromatic rings. The third-order valence-corrected chi connectivity index (χ3v) is 5.23. The van der Waals surface area contributed by atoms with Gasteiger partial charge in [0.25, 0.3) is 0 Å². The van der Waals surface area contributed by atoms with Gasteiger partial charge in [0.05, 0.1) is 5.39 Å². The fourth-order valence-electron chi connectivity index (χ4n) is 2.64. The molecule has 1 aliphatic carbocycles. The van der Waals surface area contributed by atoms with Crippen LogP contribution in [0.1, 0.15) is 38.5 Å². The number of thiophene rings is 1. The van der Waals surface area contributed by atoms with Crippen molar-refractivity contribution in [2.45, 2.75) is 40.5 Å². The number of hydrogen-bond acceptors (Lipinski definition) is 5. The second-order valence-corrected chi connectivity index (χ2v) is 7.90. The third-order valence-electron chi connectivity index (χ3n) is 4.28. The summed E-state index contributed by atoms with van der Waals surface area (Å²) in [6.07, 6.45) is 2.38. The van der Waals surface area contributed by atoms with Gasteiger partial charge < -0.3 is 10.6 Å². The Kier molecular flexibility index (Phi) is 3.78. The zero-order chi connectivity index (χ0) is 15.0. The molecule has 1 saturated carbocycles. The maximum atomic E-state index is 4.67. The van der Waals surface area contributed by atoms with Gasteiger partial charge in [0, 0.05) is 18.0 Å². The molecule has 1 atom stereocenters. The van der Waals surface area contributed by atoms with Crippen molar-refractivity contribution in [2.75, 3.05) is 23.7 Å². The van der Waals surface area contributed by atoms with Gasteiger partial charge in [-0.2, -0.15) is 4.98 Å². The number of aryl methyl sites for hydroxylation is 1. The number of rotatable bonds is 6. The molecule has 0 radical (unpaired) electrons. The van der Waals surface area contributed by atoms with E-state index in [1.165, 1.54) is 11.3 Å². The lowest BCUT2D eigenvalue weighted by Gasteiger charge is -2.10. The molecule has 0 bridgehead atoms. The molecule has 3 rings (SSSR count). The van der Waals surface area contributed by atoms with Crippen molar-refractivity contribution in [1.29, 1.82) is 0 Å². The maximum absolute atomic E-state index is 4.67. The lowest BCUT2D eigenvalue weighted by molar-refractivity contribution is 0.573. The molecule has 0 spiro atoms. The van der Waals surface area contributed by atoms with E-state index < -0.39 is 0 Å². The first-order valence-corrected chi connectivity index (χ1v) is 8.57. The van der Waals surface area contributed by atoms with Crippen molar-refractivity contribution in [2.24, 2.45) is 11.3 Å². The van der Waals surface area contributed by atoms with Gasteiger partial charge in [-0.05, 0) is 37.2 Å². The lowest BCUT2D eigenvalue weighted by Crippen LogP contribution is -2.11. The van der Waals surface area contributed by atoms with Gasteiger partial charge in [-0.1, -0.05) is 20.8 Å². The minimum absolute atomic E-state index is 0.493. The zero-order valence-electron chi connectivity index (χ0n) is 13.3. The van der Waals surface area contributed by atoms with Crippen molar-refractivity contribution in [3.63, 3.8) is 0 Å². The summed E-state index contributed by atoms with van der Waals surface area (Å²) < 4.78 is 0. The van der Waals surface area contributed by atoms with Crippen LogP contribution in [0, 0.1) is 18.3 Å². The van der Waals surface area contributed by atoms with Gasteiger partial charge >= 0.3 is 0 Å². The molecule has 21 heavy (non-hydrogen) atoms. The van der Waals surface area contributed by atoms with E-state index >= 15 is 0 Å².